The third kappa shape index (κ3) is 4.93. The van der Waals surface area contributed by atoms with Gasteiger partial charge in [-0.1, -0.05) is 17.4 Å². The number of hydrogen-bond acceptors (Lipinski definition) is 8. The standard InChI is InChI=1S/C24H27N3O5S.ClH/c1-16-4-6-19(29-2)21-22(16)33-24(25-21)27(9-3-8-26-10-12-30-13-11-26)23(28)17-5-7-18-20(14-17)32-15-31-18;/h4-7,14H,3,8-13,15H2,1-2H3;1H. The van der Waals surface area contributed by atoms with E-state index in [2.05, 4.69) is 4.90 Å². The van der Waals surface area contributed by atoms with Gasteiger partial charge in [0.05, 0.1) is 25.0 Å². The predicted molar refractivity (Wildman–Crippen MR) is 134 cm³/mol. The zero-order valence-electron chi connectivity index (χ0n) is 19.2. The number of carbonyl (C=O) groups is 1. The molecule has 3 aromatic rings. The van der Waals surface area contributed by atoms with Gasteiger partial charge in [-0.3, -0.25) is 14.6 Å². The molecule has 0 bridgehead atoms. The fraction of sp³-hybridized carbons (Fsp3) is 0.417. The first-order valence-corrected chi connectivity index (χ1v) is 11.9. The second-order valence-corrected chi connectivity index (χ2v) is 9.07. The zero-order valence-corrected chi connectivity index (χ0v) is 20.9. The zero-order chi connectivity index (χ0) is 22.8. The van der Waals surface area contributed by atoms with E-state index in [1.807, 2.05) is 19.1 Å². The average molecular weight is 506 g/mol. The van der Waals surface area contributed by atoms with E-state index in [0.29, 0.717) is 34.5 Å². The van der Waals surface area contributed by atoms with Crippen molar-refractivity contribution in [3.05, 3.63) is 41.5 Å². The number of thiazole rings is 1. The molecule has 10 heteroatoms. The molecule has 3 heterocycles. The lowest BCUT2D eigenvalue weighted by molar-refractivity contribution is 0.0376. The molecule has 0 saturated carbocycles. The van der Waals surface area contributed by atoms with Gasteiger partial charge >= 0.3 is 0 Å². The van der Waals surface area contributed by atoms with E-state index in [9.17, 15) is 4.79 Å². The first-order chi connectivity index (χ1) is 16.1. The SMILES string of the molecule is COc1ccc(C)c2sc(N(CCCN3CCOCC3)C(=O)c3ccc4c(c3)OCO4)nc12.Cl. The molecule has 1 saturated heterocycles. The molecule has 0 atom stereocenters. The topological polar surface area (TPSA) is 73.4 Å². The largest absolute Gasteiger partial charge is 0.494 e. The van der Waals surface area contributed by atoms with Crippen LogP contribution in [0.25, 0.3) is 10.2 Å². The average Bonchev–Trinajstić information content (AvgIpc) is 3.50. The van der Waals surface area contributed by atoms with E-state index in [4.69, 9.17) is 23.9 Å². The minimum atomic E-state index is -0.106. The minimum Gasteiger partial charge on any atom is -0.494 e. The van der Waals surface area contributed by atoms with Crippen molar-refractivity contribution in [3.8, 4) is 17.2 Å². The van der Waals surface area contributed by atoms with Gasteiger partial charge in [-0.15, -0.1) is 12.4 Å². The number of carbonyl (C=O) groups excluding carboxylic acids is 1. The second-order valence-electron chi connectivity index (χ2n) is 8.09. The van der Waals surface area contributed by atoms with Crippen LogP contribution in [0.15, 0.2) is 30.3 Å². The lowest BCUT2D eigenvalue weighted by atomic mass is 10.1. The van der Waals surface area contributed by atoms with Crippen LogP contribution < -0.4 is 19.1 Å². The number of aromatic nitrogens is 1. The first kappa shape index (κ1) is 24.5. The molecule has 182 valence electrons. The van der Waals surface area contributed by atoms with Crippen molar-refractivity contribution in [3.63, 3.8) is 0 Å². The van der Waals surface area contributed by atoms with Gasteiger partial charge in [0.2, 0.25) is 6.79 Å². The molecule has 1 amide bonds. The van der Waals surface area contributed by atoms with Gasteiger partial charge < -0.3 is 18.9 Å². The summed E-state index contributed by atoms with van der Waals surface area (Å²) in [7, 11) is 1.64. The number of fused-ring (bicyclic) bond motifs is 2. The molecule has 5 rings (SSSR count). The van der Waals surface area contributed by atoms with E-state index in [-0.39, 0.29) is 25.1 Å². The quantitative estimate of drug-likeness (QED) is 0.478. The number of hydrogen-bond donors (Lipinski definition) is 0. The Morgan fingerprint density at radius 1 is 1.18 bits per heavy atom. The number of benzene rings is 2. The fourth-order valence-corrected chi connectivity index (χ4v) is 5.20. The maximum Gasteiger partial charge on any atom is 0.260 e. The Bertz CT molecular complexity index is 1160. The van der Waals surface area contributed by atoms with Crippen LogP contribution >= 0.6 is 23.7 Å². The van der Waals surface area contributed by atoms with E-state index < -0.39 is 0 Å². The Labute approximate surface area is 208 Å². The number of morpholine rings is 1. The number of ether oxygens (including phenoxy) is 4. The van der Waals surface area contributed by atoms with Crippen LogP contribution in [0.5, 0.6) is 17.2 Å². The molecule has 0 spiro atoms. The summed E-state index contributed by atoms with van der Waals surface area (Å²) in [6, 6.07) is 9.25. The number of anilines is 1. The van der Waals surface area contributed by atoms with Gasteiger partial charge in [0.1, 0.15) is 11.3 Å². The molecule has 0 radical (unpaired) electrons. The van der Waals surface area contributed by atoms with E-state index in [1.165, 1.54) is 11.3 Å². The van der Waals surface area contributed by atoms with Crippen LogP contribution in [-0.2, 0) is 4.74 Å². The summed E-state index contributed by atoms with van der Waals surface area (Å²) in [5.41, 5.74) is 2.45. The molecule has 0 aliphatic carbocycles. The number of halogens is 1. The molecule has 0 unspecified atom stereocenters. The van der Waals surface area contributed by atoms with E-state index in [1.54, 1.807) is 30.2 Å². The van der Waals surface area contributed by atoms with Crippen LogP contribution in [0, 0.1) is 6.92 Å². The normalized spacial score (nSPS) is 15.2. The molecule has 8 nitrogen and oxygen atoms in total. The lowest BCUT2D eigenvalue weighted by Crippen LogP contribution is -2.39. The Morgan fingerprint density at radius 2 is 1.97 bits per heavy atom. The molecule has 1 aromatic heterocycles. The number of methoxy groups -OCH3 is 1. The third-order valence-electron chi connectivity index (χ3n) is 5.97. The molecular formula is C24H28ClN3O5S. The van der Waals surface area contributed by atoms with Gasteiger partial charge in [-0.2, -0.15) is 0 Å². The van der Waals surface area contributed by atoms with Crippen molar-refractivity contribution in [2.24, 2.45) is 0 Å². The molecule has 0 N–H and O–H groups in total. The van der Waals surface area contributed by atoms with Crippen LogP contribution in [0.2, 0.25) is 0 Å². The summed E-state index contributed by atoms with van der Waals surface area (Å²) in [5.74, 6) is 1.86. The highest BCUT2D eigenvalue weighted by Crippen LogP contribution is 2.38. The van der Waals surface area contributed by atoms with Crippen LogP contribution in [0.1, 0.15) is 22.3 Å². The van der Waals surface area contributed by atoms with Crippen LogP contribution in [0.3, 0.4) is 0 Å². The van der Waals surface area contributed by atoms with Crippen molar-refractivity contribution < 1.29 is 23.7 Å². The summed E-state index contributed by atoms with van der Waals surface area (Å²) in [6.07, 6.45) is 0.836. The summed E-state index contributed by atoms with van der Waals surface area (Å²) in [6.45, 7) is 7.06. The molecule has 2 aromatic carbocycles. The molecule has 1 fully saturated rings. The third-order valence-corrected chi connectivity index (χ3v) is 7.18. The van der Waals surface area contributed by atoms with Gasteiger partial charge in [-0.05, 0) is 43.2 Å². The van der Waals surface area contributed by atoms with E-state index in [0.717, 1.165) is 55.0 Å². The Morgan fingerprint density at radius 3 is 2.76 bits per heavy atom. The Kier molecular flexibility index (Phi) is 7.77. The summed E-state index contributed by atoms with van der Waals surface area (Å²) in [5, 5.41) is 0.669. The highest BCUT2D eigenvalue weighted by atomic mass is 35.5. The maximum absolute atomic E-state index is 13.7. The van der Waals surface area contributed by atoms with Gasteiger partial charge in [-0.25, -0.2) is 4.98 Å². The fourth-order valence-electron chi connectivity index (χ4n) is 4.13. The Hall–Kier alpha value is -2.59. The Balaban J connectivity index is 0.00000274. The van der Waals surface area contributed by atoms with Crippen LogP contribution in [0.4, 0.5) is 5.13 Å². The monoisotopic (exact) mass is 505 g/mol. The number of rotatable bonds is 7. The van der Waals surface area contributed by atoms with Gasteiger partial charge in [0, 0.05) is 31.7 Å². The smallest absolute Gasteiger partial charge is 0.260 e. The van der Waals surface area contributed by atoms with Crippen molar-refractivity contribution in [2.75, 3.05) is 58.2 Å². The van der Waals surface area contributed by atoms with Crippen LogP contribution in [-0.4, -0.2) is 69.1 Å². The minimum absolute atomic E-state index is 0. The summed E-state index contributed by atoms with van der Waals surface area (Å²) < 4.78 is 22.9. The highest BCUT2D eigenvalue weighted by Gasteiger charge is 2.25. The number of amides is 1. The van der Waals surface area contributed by atoms with E-state index >= 15 is 0 Å². The second kappa shape index (κ2) is 10.8. The molecule has 2 aliphatic heterocycles. The maximum atomic E-state index is 13.7. The van der Waals surface area contributed by atoms with Crippen molar-refractivity contribution in [2.45, 2.75) is 13.3 Å². The number of nitrogens with zero attached hydrogens (tertiary/aromatic N) is 3. The van der Waals surface area contributed by atoms with Crippen molar-refractivity contribution in [1.29, 1.82) is 0 Å². The molecular weight excluding hydrogens is 478 g/mol. The first-order valence-electron chi connectivity index (χ1n) is 11.1. The molecule has 34 heavy (non-hydrogen) atoms. The summed E-state index contributed by atoms with van der Waals surface area (Å²) in [4.78, 5) is 22.7. The summed E-state index contributed by atoms with van der Waals surface area (Å²) >= 11 is 1.52. The molecule has 2 aliphatic rings. The predicted octanol–water partition coefficient (Wildman–Crippen LogP) is 4.13. The van der Waals surface area contributed by atoms with Gasteiger partial charge in [0.25, 0.3) is 5.91 Å². The number of aryl methyl sites for hydroxylation is 1. The van der Waals surface area contributed by atoms with Crippen molar-refractivity contribution >= 4 is 45.0 Å². The van der Waals surface area contributed by atoms with Crippen molar-refractivity contribution in [1.82, 2.24) is 9.88 Å². The lowest BCUT2D eigenvalue weighted by Gasteiger charge is -2.27. The van der Waals surface area contributed by atoms with Gasteiger partial charge in [0.15, 0.2) is 16.6 Å². The highest BCUT2D eigenvalue weighted by molar-refractivity contribution is 7.22.